The molecular weight excluding hydrogens is 398 g/mol. The number of aliphatic hydroxyl groups is 1. The standard InChI is InChI=1S/C19H23N3O6S/c1-12(23)17(19(25)22-26)21-18(24)15-8-6-14(7-9-15)16-5-3-4-13(10-16)11-20-29(2,27)28/h3-10,12,17,20,23,26H,11H2,1-2H3,(H,21,24)(H,22,25)/t12-,17-/m1/s1. The molecule has 0 unspecified atom stereocenters. The maximum absolute atomic E-state index is 12.3. The molecular formula is C19H23N3O6S. The fourth-order valence-electron chi connectivity index (χ4n) is 2.59. The van der Waals surface area contributed by atoms with E-state index in [9.17, 15) is 23.1 Å². The molecule has 0 radical (unpaired) electrons. The lowest BCUT2D eigenvalue weighted by Gasteiger charge is -2.19. The molecule has 0 bridgehead atoms. The quantitative estimate of drug-likeness (QED) is 0.308. The first-order valence-corrected chi connectivity index (χ1v) is 10.6. The average Bonchev–Trinajstić information content (AvgIpc) is 2.69. The number of rotatable bonds is 8. The normalized spacial score (nSPS) is 13.4. The van der Waals surface area contributed by atoms with Crippen LogP contribution < -0.4 is 15.5 Å². The first-order valence-electron chi connectivity index (χ1n) is 8.67. The van der Waals surface area contributed by atoms with Gasteiger partial charge in [-0.05, 0) is 41.8 Å². The van der Waals surface area contributed by atoms with Crippen LogP contribution in [0.4, 0.5) is 0 Å². The van der Waals surface area contributed by atoms with Gasteiger partial charge in [0.1, 0.15) is 6.04 Å². The SMILES string of the molecule is C[C@@H](O)[C@@H](NC(=O)c1ccc(-c2cccc(CNS(C)(=O)=O)c2)cc1)C(=O)NO. The van der Waals surface area contributed by atoms with Gasteiger partial charge in [0, 0.05) is 12.1 Å². The fraction of sp³-hybridized carbons (Fsp3) is 0.263. The minimum absolute atomic E-state index is 0.167. The molecule has 2 aromatic carbocycles. The van der Waals surface area contributed by atoms with Crippen molar-refractivity contribution in [3.63, 3.8) is 0 Å². The van der Waals surface area contributed by atoms with Gasteiger partial charge >= 0.3 is 0 Å². The van der Waals surface area contributed by atoms with E-state index in [1.54, 1.807) is 36.4 Å². The first kappa shape index (κ1) is 22.5. The molecule has 2 atom stereocenters. The van der Waals surface area contributed by atoms with Crippen LogP contribution in [0.2, 0.25) is 0 Å². The number of hydrogen-bond acceptors (Lipinski definition) is 6. The van der Waals surface area contributed by atoms with E-state index in [2.05, 4.69) is 10.0 Å². The van der Waals surface area contributed by atoms with Crippen molar-refractivity contribution in [1.29, 1.82) is 0 Å². The number of carbonyl (C=O) groups excluding carboxylic acids is 2. The second kappa shape index (κ2) is 9.61. The molecule has 0 aliphatic carbocycles. The highest BCUT2D eigenvalue weighted by Crippen LogP contribution is 2.21. The van der Waals surface area contributed by atoms with Gasteiger partial charge in [-0.1, -0.05) is 30.3 Å². The lowest BCUT2D eigenvalue weighted by Crippen LogP contribution is -2.51. The number of carbonyl (C=O) groups is 2. The lowest BCUT2D eigenvalue weighted by atomic mass is 10.0. The van der Waals surface area contributed by atoms with Gasteiger partial charge in [0.25, 0.3) is 11.8 Å². The number of aliphatic hydroxyl groups excluding tert-OH is 1. The van der Waals surface area contributed by atoms with E-state index in [4.69, 9.17) is 5.21 Å². The average molecular weight is 421 g/mol. The Kier molecular flexibility index (Phi) is 7.46. The summed E-state index contributed by atoms with van der Waals surface area (Å²) in [5, 5.41) is 20.7. The molecule has 0 spiro atoms. The smallest absolute Gasteiger partial charge is 0.268 e. The second-order valence-electron chi connectivity index (χ2n) is 6.54. The van der Waals surface area contributed by atoms with E-state index in [1.807, 2.05) is 12.1 Å². The predicted molar refractivity (Wildman–Crippen MR) is 106 cm³/mol. The molecule has 0 aliphatic rings. The molecule has 0 fully saturated rings. The van der Waals surface area contributed by atoms with Gasteiger partial charge in [0.2, 0.25) is 10.0 Å². The Hall–Kier alpha value is -2.79. The summed E-state index contributed by atoms with van der Waals surface area (Å²) in [5.74, 6) is -1.51. The fourth-order valence-corrected chi connectivity index (χ4v) is 3.02. The van der Waals surface area contributed by atoms with Gasteiger partial charge in [-0.2, -0.15) is 0 Å². The Morgan fingerprint density at radius 2 is 1.72 bits per heavy atom. The second-order valence-corrected chi connectivity index (χ2v) is 8.37. The van der Waals surface area contributed by atoms with Gasteiger partial charge in [-0.25, -0.2) is 18.6 Å². The maximum Gasteiger partial charge on any atom is 0.268 e. The van der Waals surface area contributed by atoms with Crippen molar-refractivity contribution in [2.45, 2.75) is 25.6 Å². The molecule has 0 heterocycles. The van der Waals surface area contributed by atoms with Crippen LogP contribution in [0.25, 0.3) is 11.1 Å². The Bertz CT molecular complexity index is 974. The van der Waals surface area contributed by atoms with Crippen molar-refractivity contribution >= 4 is 21.8 Å². The number of hydroxylamine groups is 1. The summed E-state index contributed by atoms with van der Waals surface area (Å²) in [7, 11) is -3.30. The van der Waals surface area contributed by atoms with Gasteiger partial charge < -0.3 is 10.4 Å². The van der Waals surface area contributed by atoms with Crippen molar-refractivity contribution in [1.82, 2.24) is 15.5 Å². The van der Waals surface area contributed by atoms with E-state index >= 15 is 0 Å². The van der Waals surface area contributed by atoms with Crippen LogP contribution >= 0.6 is 0 Å². The van der Waals surface area contributed by atoms with E-state index in [1.165, 1.54) is 12.4 Å². The predicted octanol–water partition coefficient (Wildman–Crippen LogP) is 0.387. The maximum atomic E-state index is 12.3. The summed E-state index contributed by atoms with van der Waals surface area (Å²) in [6.45, 7) is 1.48. The van der Waals surface area contributed by atoms with Gasteiger partial charge in [0.15, 0.2) is 0 Å². The summed E-state index contributed by atoms with van der Waals surface area (Å²) >= 11 is 0. The van der Waals surface area contributed by atoms with Crippen LogP contribution in [0.1, 0.15) is 22.8 Å². The highest BCUT2D eigenvalue weighted by Gasteiger charge is 2.25. The molecule has 0 saturated carbocycles. The van der Waals surface area contributed by atoms with Crippen LogP contribution in [0, 0.1) is 0 Å². The van der Waals surface area contributed by atoms with Gasteiger partial charge in [0.05, 0.1) is 12.4 Å². The van der Waals surface area contributed by atoms with Crippen molar-refractivity contribution in [3.8, 4) is 11.1 Å². The first-order chi connectivity index (χ1) is 13.6. The van der Waals surface area contributed by atoms with Crippen LogP contribution in [0.15, 0.2) is 48.5 Å². The molecule has 2 rings (SSSR count). The number of hydrogen-bond donors (Lipinski definition) is 5. The van der Waals surface area contributed by atoms with E-state index in [-0.39, 0.29) is 12.1 Å². The molecule has 2 aromatic rings. The van der Waals surface area contributed by atoms with E-state index in [0.29, 0.717) is 0 Å². The van der Waals surface area contributed by atoms with Crippen molar-refractivity contribution < 1.29 is 28.3 Å². The molecule has 0 aliphatic heterocycles. The highest BCUT2D eigenvalue weighted by atomic mass is 32.2. The molecule has 156 valence electrons. The highest BCUT2D eigenvalue weighted by molar-refractivity contribution is 7.88. The Morgan fingerprint density at radius 3 is 2.28 bits per heavy atom. The molecule has 29 heavy (non-hydrogen) atoms. The Labute approximate surface area is 168 Å². The Morgan fingerprint density at radius 1 is 1.07 bits per heavy atom. The van der Waals surface area contributed by atoms with Crippen molar-refractivity contribution in [2.75, 3.05) is 6.26 Å². The monoisotopic (exact) mass is 421 g/mol. The third kappa shape index (κ3) is 6.64. The number of amides is 2. The molecule has 9 nitrogen and oxygen atoms in total. The molecule has 2 amide bonds. The topological polar surface area (TPSA) is 145 Å². The van der Waals surface area contributed by atoms with Crippen molar-refractivity contribution in [3.05, 3.63) is 59.7 Å². The largest absolute Gasteiger partial charge is 0.391 e. The summed E-state index contributed by atoms with van der Waals surface area (Å²) in [6, 6.07) is 12.5. The van der Waals surface area contributed by atoms with E-state index in [0.717, 1.165) is 22.9 Å². The van der Waals surface area contributed by atoms with E-state index < -0.39 is 34.0 Å². The summed E-state index contributed by atoms with van der Waals surface area (Å²) in [6.07, 6.45) is -0.110. The zero-order valence-corrected chi connectivity index (χ0v) is 16.7. The molecule has 5 N–H and O–H groups in total. The van der Waals surface area contributed by atoms with Crippen LogP contribution in [-0.4, -0.2) is 48.9 Å². The lowest BCUT2D eigenvalue weighted by molar-refractivity contribution is -0.133. The third-order valence-corrected chi connectivity index (χ3v) is 4.78. The minimum atomic E-state index is -3.30. The molecule has 0 saturated heterocycles. The zero-order valence-electron chi connectivity index (χ0n) is 15.9. The van der Waals surface area contributed by atoms with Crippen LogP contribution in [0.5, 0.6) is 0 Å². The summed E-state index contributed by atoms with van der Waals surface area (Å²) in [4.78, 5) is 23.8. The van der Waals surface area contributed by atoms with Gasteiger partial charge in [-0.15, -0.1) is 0 Å². The van der Waals surface area contributed by atoms with Gasteiger partial charge in [-0.3, -0.25) is 14.8 Å². The number of benzene rings is 2. The number of sulfonamides is 1. The third-order valence-electron chi connectivity index (χ3n) is 4.11. The molecule has 0 aromatic heterocycles. The zero-order chi connectivity index (χ0) is 21.6. The molecule has 10 heteroatoms. The van der Waals surface area contributed by atoms with Crippen LogP contribution in [-0.2, 0) is 21.4 Å². The minimum Gasteiger partial charge on any atom is -0.391 e. The van der Waals surface area contributed by atoms with Crippen molar-refractivity contribution in [2.24, 2.45) is 0 Å². The number of nitrogens with one attached hydrogen (secondary N) is 3. The van der Waals surface area contributed by atoms with Crippen LogP contribution in [0.3, 0.4) is 0 Å². The summed E-state index contributed by atoms with van der Waals surface area (Å²) in [5.41, 5.74) is 4.10. The Balaban J connectivity index is 2.14. The summed E-state index contributed by atoms with van der Waals surface area (Å²) < 4.78 is 24.9.